The summed E-state index contributed by atoms with van der Waals surface area (Å²) in [4.78, 5) is 3.21. The lowest BCUT2D eigenvalue weighted by Gasteiger charge is -2.04. The van der Waals surface area contributed by atoms with E-state index in [1.54, 1.807) is 0 Å². The van der Waals surface area contributed by atoms with Crippen LogP contribution in [0.5, 0.6) is 0 Å². The summed E-state index contributed by atoms with van der Waals surface area (Å²) >= 11 is 0. The summed E-state index contributed by atoms with van der Waals surface area (Å²) in [6.07, 6.45) is 1.98. The largest absolute Gasteiger partial charge is 0.456 e. The minimum absolute atomic E-state index is 0.0231. The number of benzene rings is 2. The van der Waals surface area contributed by atoms with Crippen molar-refractivity contribution in [2.75, 3.05) is 0 Å². The van der Waals surface area contributed by atoms with Gasteiger partial charge in [0.05, 0.1) is 12.1 Å². The van der Waals surface area contributed by atoms with Gasteiger partial charge in [-0.05, 0) is 30.7 Å². The lowest BCUT2D eigenvalue weighted by atomic mass is 10.0. The minimum atomic E-state index is -0.521. The molecule has 0 N–H and O–H groups in total. The van der Waals surface area contributed by atoms with Gasteiger partial charge in [-0.3, -0.25) is 0 Å². The van der Waals surface area contributed by atoms with Crippen molar-refractivity contribution in [1.82, 2.24) is 0 Å². The predicted octanol–water partition coefficient (Wildman–Crippen LogP) is 5.08. The third-order valence-electron chi connectivity index (χ3n) is 4.35. The first kappa shape index (κ1) is 14.4. The number of hydrogen-bond acceptors (Lipinski definition) is 1. The van der Waals surface area contributed by atoms with Gasteiger partial charge in [0, 0.05) is 22.9 Å². The number of pyridine rings is 1. The summed E-state index contributed by atoms with van der Waals surface area (Å²) in [6.45, 7) is 9.10. The Labute approximate surface area is 138 Å². The standard InChI is InChI=1S/C20H14FN2O/c1-12-7-8-13-14-10-15(21)16(22-2)11-18(14)24-20(13)19(12)17-6-4-5-9-23(17)3/h4-11H,1,3H3/q+1. The van der Waals surface area contributed by atoms with Crippen molar-refractivity contribution >= 4 is 27.6 Å². The fourth-order valence-electron chi connectivity index (χ4n) is 3.13. The molecule has 0 bridgehead atoms. The molecule has 0 aliphatic carbocycles. The summed E-state index contributed by atoms with van der Waals surface area (Å²) in [5.74, 6) is -0.521. The van der Waals surface area contributed by atoms with Crippen molar-refractivity contribution in [1.29, 1.82) is 0 Å². The molecule has 0 aliphatic heterocycles. The van der Waals surface area contributed by atoms with Crippen LogP contribution in [0.15, 0.2) is 53.1 Å². The number of aryl methyl sites for hydroxylation is 2. The third kappa shape index (κ3) is 1.99. The molecule has 4 aromatic rings. The highest BCUT2D eigenvalue weighted by atomic mass is 19.1. The fraction of sp³-hybridized carbons (Fsp3) is 0.100. The van der Waals surface area contributed by atoms with Crippen LogP contribution in [0.25, 0.3) is 38.0 Å². The molecule has 0 aliphatic rings. The molecule has 0 saturated carbocycles. The molecule has 0 radical (unpaired) electrons. The second-order valence-electron chi connectivity index (χ2n) is 5.84. The molecule has 0 spiro atoms. The molecule has 116 valence electrons. The van der Waals surface area contributed by atoms with E-state index in [0.29, 0.717) is 16.6 Å². The second-order valence-corrected chi connectivity index (χ2v) is 5.84. The quantitative estimate of drug-likeness (QED) is 0.354. The van der Waals surface area contributed by atoms with Crippen LogP contribution in [-0.2, 0) is 7.05 Å². The fourth-order valence-corrected chi connectivity index (χ4v) is 3.13. The molecule has 4 rings (SSSR count). The van der Waals surface area contributed by atoms with E-state index < -0.39 is 5.82 Å². The van der Waals surface area contributed by atoms with Crippen molar-refractivity contribution in [2.24, 2.45) is 7.05 Å². The molecular weight excluding hydrogens is 303 g/mol. The van der Waals surface area contributed by atoms with E-state index in [9.17, 15) is 4.39 Å². The zero-order valence-corrected chi connectivity index (χ0v) is 13.3. The molecule has 0 amide bonds. The van der Waals surface area contributed by atoms with Gasteiger partial charge in [-0.2, -0.15) is 0 Å². The maximum atomic E-state index is 14.0. The normalized spacial score (nSPS) is 11.1. The summed E-state index contributed by atoms with van der Waals surface area (Å²) in [5, 5.41) is 1.54. The molecule has 24 heavy (non-hydrogen) atoms. The van der Waals surface area contributed by atoms with Crippen LogP contribution in [0.2, 0.25) is 0 Å². The predicted molar refractivity (Wildman–Crippen MR) is 91.3 cm³/mol. The molecular formula is C20H14FN2O+. The van der Waals surface area contributed by atoms with Crippen molar-refractivity contribution < 1.29 is 13.4 Å². The average molecular weight is 317 g/mol. The summed E-state index contributed by atoms with van der Waals surface area (Å²) < 4.78 is 22.1. The summed E-state index contributed by atoms with van der Waals surface area (Å²) in [7, 11) is 1.98. The van der Waals surface area contributed by atoms with E-state index in [0.717, 1.165) is 22.2 Å². The van der Waals surface area contributed by atoms with Crippen molar-refractivity contribution in [3.05, 3.63) is 71.5 Å². The molecule has 4 heteroatoms. The lowest BCUT2D eigenvalue weighted by Crippen LogP contribution is -2.30. The number of furan rings is 1. The Morgan fingerprint density at radius 3 is 2.71 bits per heavy atom. The number of halogens is 1. The van der Waals surface area contributed by atoms with Crippen LogP contribution in [0.4, 0.5) is 10.1 Å². The highest BCUT2D eigenvalue weighted by molar-refractivity contribution is 6.10. The highest BCUT2D eigenvalue weighted by Gasteiger charge is 2.20. The van der Waals surface area contributed by atoms with Crippen LogP contribution in [0.3, 0.4) is 0 Å². The van der Waals surface area contributed by atoms with E-state index in [2.05, 4.69) is 4.85 Å². The maximum Gasteiger partial charge on any atom is 0.225 e. The zero-order chi connectivity index (χ0) is 16.8. The van der Waals surface area contributed by atoms with E-state index in [4.69, 9.17) is 11.0 Å². The molecule has 0 saturated heterocycles. The Morgan fingerprint density at radius 1 is 1.12 bits per heavy atom. The van der Waals surface area contributed by atoms with Gasteiger partial charge < -0.3 is 4.42 Å². The van der Waals surface area contributed by atoms with Crippen molar-refractivity contribution in [3.8, 4) is 11.3 Å². The zero-order valence-electron chi connectivity index (χ0n) is 13.3. The second kappa shape index (κ2) is 5.17. The number of rotatable bonds is 1. The van der Waals surface area contributed by atoms with E-state index in [-0.39, 0.29) is 5.69 Å². The van der Waals surface area contributed by atoms with Gasteiger partial charge in [-0.25, -0.2) is 13.8 Å². The summed E-state index contributed by atoms with van der Waals surface area (Å²) in [6, 6.07) is 12.8. The van der Waals surface area contributed by atoms with Crippen LogP contribution in [-0.4, -0.2) is 0 Å². The van der Waals surface area contributed by atoms with E-state index in [1.807, 2.05) is 55.1 Å². The van der Waals surface area contributed by atoms with Crippen LogP contribution >= 0.6 is 0 Å². The molecule has 0 fully saturated rings. The highest BCUT2D eigenvalue weighted by Crippen LogP contribution is 2.38. The Morgan fingerprint density at radius 2 is 1.96 bits per heavy atom. The first-order valence-electron chi connectivity index (χ1n) is 7.58. The van der Waals surface area contributed by atoms with Gasteiger partial charge in [0.25, 0.3) is 0 Å². The Balaban J connectivity index is 2.15. The van der Waals surface area contributed by atoms with Crippen molar-refractivity contribution in [2.45, 2.75) is 6.92 Å². The van der Waals surface area contributed by atoms with Gasteiger partial charge >= 0.3 is 0 Å². The minimum Gasteiger partial charge on any atom is -0.456 e. The molecule has 0 atom stereocenters. The number of hydrogen-bond donors (Lipinski definition) is 0. The smallest absolute Gasteiger partial charge is 0.225 e. The van der Waals surface area contributed by atoms with Gasteiger partial charge in [0.15, 0.2) is 6.20 Å². The van der Waals surface area contributed by atoms with Gasteiger partial charge in [-0.1, -0.05) is 12.1 Å². The SMILES string of the molecule is [C-]#[N+]c1cc2oc3c(-c4cccc[n+]4C)c(C)ccc3c2cc1F. The Kier molecular flexibility index (Phi) is 3.10. The van der Waals surface area contributed by atoms with E-state index in [1.165, 1.54) is 12.1 Å². The molecule has 2 aromatic carbocycles. The average Bonchev–Trinajstić information content (AvgIpc) is 2.92. The monoisotopic (exact) mass is 317 g/mol. The molecule has 2 heterocycles. The number of fused-ring (bicyclic) bond motifs is 3. The third-order valence-corrected chi connectivity index (χ3v) is 4.35. The van der Waals surface area contributed by atoms with E-state index >= 15 is 0 Å². The van der Waals surface area contributed by atoms with Crippen LogP contribution in [0.1, 0.15) is 5.56 Å². The van der Waals surface area contributed by atoms with Crippen LogP contribution < -0.4 is 4.57 Å². The van der Waals surface area contributed by atoms with Gasteiger partial charge in [0.1, 0.15) is 24.0 Å². The topological polar surface area (TPSA) is 21.4 Å². The molecule has 3 nitrogen and oxygen atoms in total. The molecule has 0 unspecified atom stereocenters. The van der Waals surface area contributed by atoms with Gasteiger partial charge in [0.2, 0.25) is 11.4 Å². The molecule has 2 aromatic heterocycles. The first-order valence-corrected chi connectivity index (χ1v) is 7.58. The number of aromatic nitrogens is 1. The van der Waals surface area contributed by atoms with Gasteiger partial charge in [-0.15, -0.1) is 0 Å². The number of nitrogens with zero attached hydrogens (tertiary/aromatic N) is 2. The lowest BCUT2D eigenvalue weighted by molar-refractivity contribution is -0.660. The van der Waals surface area contributed by atoms with Crippen LogP contribution in [0, 0.1) is 19.3 Å². The first-order chi connectivity index (χ1) is 11.6. The maximum absolute atomic E-state index is 14.0. The van der Waals surface area contributed by atoms with Crippen molar-refractivity contribution in [3.63, 3.8) is 0 Å². The summed E-state index contributed by atoms with van der Waals surface area (Å²) in [5.41, 5.74) is 4.30. The Bertz CT molecular complexity index is 1150. The Hall–Kier alpha value is -3.19.